The van der Waals surface area contributed by atoms with E-state index in [1.165, 1.54) is 6.20 Å². The molecule has 1 aromatic heterocycles. The number of hydrogen-bond donors (Lipinski definition) is 2. The Bertz CT molecular complexity index is 932. The Balaban J connectivity index is 1.74. The van der Waals surface area contributed by atoms with Crippen molar-refractivity contribution < 1.29 is 9.59 Å². The van der Waals surface area contributed by atoms with E-state index >= 15 is 0 Å². The molecule has 0 fully saturated rings. The van der Waals surface area contributed by atoms with E-state index < -0.39 is 0 Å². The molecule has 0 bridgehead atoms. The average molecular weight is 345 g/mol. The summed E-state index contributed by atoms with van der Waals surface area (Å²) < 4.78 is 0. The summed E-state index contributed by atoms with van der Waals surface area (Å²) in [6.07, 6.45) is 3.10. The van der Waals surface area contributed by atoms with E-state index in [0.717, 1.165) is 16.8 Å². The molecule has 0 unspecified atom stereocenters. The highest BCUT2D eigenvalue weighted by atomic mass is 16.2. The largest absolute Gasteiger partial charge is 0.322 e. The molecule has 0 radical (unpaired) electrons. The number of amides is 2. The lowest BCUT2D eigenvalue weighted by atomic mass is 10.1. The predicted octanol–water partition coefficient (Wildman–Crippen LogP) is 4.20. The smallest absolute Gasteiger partial charge is 0.257 e. The van der Waals surface area contributed by atoms with Gasteiger partial charge in [-0.1, -0.05) is 12.1 Å². The van der Waals surface area contributed by atoms with E-state index in [1.807, 2.05) is 32.0 Å². The van der Waals surface area contributed by atoms with E-state index in [9.17, 15) is 9.59 Å². The molecule has 0 saturated carbocycles. The summed E-state index contributed by atoms with van der Waals surface area (Å²) in [5, 5.41) is 5.67. The fourth-order valence-electron chi connectivity index (χ4n) is 2.69. The van der Waals surface area contributed by atoms with Crippen LogP contribution in [0.4, 0.5) is 11.4 Å². The maximum absolute atomic E-state index is 12.5. The van der Waals surface area contributed by atoms with Crippen molar-refractivity contribution in [2.45, 2.75) is 13.8 Å². The summed E-state index contributed by atoms with van der Waals surface area (Å²) in [7, 11) is 0. The van der Waals surface area contributed by atoms with E-state index in [4.69, 9.17) is 0 Å². The van der Waals surface area contributed by atoms with Crippen LogP contribution in [0.3, 0.4) is 0 Å². The Morgan fingerprint density at radius 2 is 1.42 bits per heavy atom. The van der Waals surface area contributed by atoms with Crippen LogP contribution in [0.25, 0.3) is 0 Å². The van der Waals surface area contributed by atoms with Crippen LogP contribution in [0.1, 0.15) is 31.8 Å². The van der Waals surface area contributed by atoms with Gasteiger partial charge in [0.05, 0.1) is 5.56 Å². The number of aryl methyl sites for hydroxylation is 2. The molecule has 0 aliphatic rings. The molecule has 0 saturated heterocycles. The van der Waals surface area contributed by atoms with E-state index in [1.54, 1.807) is 42.6 Å². The Morgan fingerprint density at radius 1 is 0.769 bits per heavy atom. The number of nitrogens with one attached hydrogen (secondary N) is 2. The minimum atomic E-state index is -0.273. The molecule has 130 valence electrons. The molecule has 2 aromatic carbocycles. The lowest BCUT2D eigenvalue weighted by Crippen LogP contribution is -2.15. The van der Waals surface area contributed by atoms with Gasteiger partial charge < -0.3 is 10.6 Å². The van der Waals surface area contributed by atoms with E-state index in [-0.39, 0.29) is 11.8 Å². The van der Waals surface area contributed by atoms with Crippen LogP contribution in [-0.4, -0.2) is 16.8 Å². The molecule has 2 N–H and O–H groups in total. The van der Waals surface area contributed by atoms with Crippen molar-refractivity contribution in [1.29, 1.82) is 0 Å². The minimum absolute atomic E-state index is 0.229. The fourth-order valence-corrected chi connectivity index (χ4v) is 2.69. The highest BCUT2D eigenvalue weighted by molar-refractivity contribution is 6.07. The summed E-state index contributed by atoms with van der Waals surface area (Å²) >= 11 is 0. The number of anilines is 2. The second kappa shape index (κ2) is 7.61. The lowest BCUT2D eigenvalue weighted by molar-refractivity contribution is 0.101. The normalized spacial score (nSPS) is 10.2. The predicted molar refractivity (Wildman–Crippen MR) is 103 cm³/mol. The van der Waals surface area contributed by atoms with Crippen LogP contribution in [0.15, 0.2) is 67.0 Å². The highest BCUT2D eigenvalue weighted by Crippen LogP contribution is 2.17. The quantitative estimate of drug-likeness (QED) is 0.744. The van der Waals surface area contributed by atoms with Gasteiger partial charge >= 0.3 is 0 Å². The molecule has 3 aromatic rings. The molecular formula is C21H19N3O2. The van der Waals surface area contributed by atoms with Crippen molar-refractivity contribution in [1.82, 2.24) is 4.98 Å². The van der Waals surface area contributed by atoms with Gasteiger partial charge in [0.2, 0.25) is 0 Å². The SMILES string of the molecule is Cc1cc(C)cc(NC(=O)c2cccc(NC(=O)c3cccnc3)c2)c1. The van der Waals surface area contributed by atoms with Gasteiger partial charge in [0, 0.05) is 29.3 Å². The Kier molecular flexibility index (Phi) is 5.08. The van der Waals surface area contributed by atoms with Gasteiger partial charge in [0.1, 0.15) is 0 Å². The summed E-state index contributed by atoms with van der Waals surface area (Å²) in [5.74, 6) is -0.502. The van der Waals surface area contributed by atoms with Gasteiger partial charge in [0.25, 0.3) is 11.8 Å². The standard InChI is InChI=1S/C21H19N3O2/c1-14-9-15(2)11-19(10-14)24-20(25)16-5-3-7-18(12-16)23-21(26)17-6-4-8-22-13-17/h3-13H,1-2H3,(H,23,26)(H,24,25). The minimum Gasteiger partial charge on any atom is -0.322 e. The summed E-state index contributed by atoms with van der Waals surface area (Å²) in [5.41, 5.74) is 4.38. The molecule has 2 amide bonds. The molecule has 26 heavy (non-hydrogen) atoms. The third-order valence-electron chi connectivity index (χ3n) is 3.79. The van der Waals surface area contributed by atoms with Crippen LogP contribution < -0.4 is 10.6 Å². The second-order valence-electron chi connectivity index (χ2n) is 6.11. The van der Waals surface area contributed by atoms with Gasteiger partial charge in [-0.2, -0.15) is 0 Å². The average Bonchev–Trinajstić information content (AvgIpc) is 2.62. The van der Waals surface area contributed by atoms with Crippen molar-refractivity contribution >= 4 is 23.2 Å². The van der Waals surface area contributed by atoms with Crippen LogP contribution in [0.2, 0.25) is 0 Å². The van der Waals surface area contributed by atoms with Crippen molar-refractivity contribution in [3.63, 3.8) is 0 Å². The second-order valence-corrected chi connectivity index (χ2v) is 6.11. The zero-order chi connectivity index (χ0) is 18.5. The van der Waals surface area contributed by atoms with Gasteiger partial charge in [-0.3, -0.25) is 14.6 Å². The van der Waals surface area contributed by atoms with E-state index in [2.05, 4.69) is 15.6 Å². The first-order valence-electron chi connectivity index (χ1n) is 8.22. The molecule has 3 rings (SSSR count). The number of hydrogen-bond acceptors (Lipinski definition) is 3. The monoisotopic (exact) mass is 345 g/mol. The Labute approximate surface area is 152 Å². The molecule has 5 nitrogen and oxygen atoms in total. The molecule has 0 spiro atoms. The summed E-state index contributed by atoms with van der Waals surface area (Å²) in [6, 6.07) is 16.1. The first-order chi connectivity index (χ1) is 12.5. The maximum Gasteiger partial charge on any atom is 0.257 e. The fraction of sp³-hybridized carbons (Fsp3) is 0.0952. The number of pyridine rings is 1. The van der Waals surface area contributed by atoms with Crippen molar-refractivity contribution in [2.75, 3.05) is 10.6 Å². The van der Waals surface area contributed by atoms with Crippen LogP contribution in [0, 0.1) is 13.8 Å². The van der Waals surface area contributed by atoms with Crippen LogP contribution in [0.5, 0.6) is 0 Å². The third kappa shape index (κ3) is 4.33. The molecule has 0 aliphatic carbocycles. The Hall–Kier alpha value is -3.47. The number of benzene rings is 2. The highest BCUT2D eigenvalue weighted by Gasteiger charge is 2.10. The van der Waals surface area contributed by atoms with Crippen molar-refractivity contribution in [3.8, 4) is 0 Å². The van der Waals surface area contributed by atoms with Crippen molar-refractivity contribution in [3.05, 3.63) is 89.2 Å². The van der Waals surface area contributed by atoms with E-state index in [0.29, 0.717) is 16.8 Å². The Morgan fingerprint density at radius 3 is 2.12 bits per heavy atom. The number of carbonyl (C=O) groups is 2. The first-order valence-corrected chi connectivity index (χ1v) is 8.22. The zero-order valence-electron chi connectivity index (χ0n) is 14.6. The molecular weight excluding hydrogens is 326 g/mol. The number of nitrogens with zero attached hydrogens (tertiary/aromatic N) is 1. The first kappa shape index (κ1) is 17.4. The lowest BCUT2D eigenvalue weighted by Gasteiger charge is -2.09. The van der Waals surface area contributed by atoms with Gasteiger partial charge in [-0.15, -0.1) is 0 Å². The number of rotatable bonds is 4. The molecule has 5 heteroatoms. The maximum atomic E-state index is 12.5. The summed E-state index contributed by atoms with van der Waals surface area (Å²) in [4.78, 5) is 28.6. The van der Waals surface area contributed by atoms with Crippen LogP contribution >= 0.6 is 0 Å². The van der Waals surface area contributed by atoms with Crippen LogP contribution in [-0.2, 0) is 0 Å². The van der Waals surface area contributed by atoms with Gasteiger partial charge in [-0.05, 0) is 67.4 Å². The number of aromatic nitrogens is 1. The topological polar surface area (TPSA) is 71.1 Å². The van der Waals surface area contributed by atoms with Gasteiger partial charge in [0.15, 0.2) is 0 Å². The number of carbonyl (C=O) groups excluding carboxylic acids is 2. The zero-order valence-corrected chi connectivity index (χ0v) is 14.6. The molecule has 0 aliphatic heterocycles. The van der Waals surface area contributed by atoms with Gasteiger partial charge in [-0.25, -0.2) is 0 Å². The molecule has 0 atom stereocenters. The third-order valence-corrected chi connectivity index (χ3v) is 3.79. The molecule has 1 heterocycles. The summed E-state index contributed by atoms with van der Waals surface area (Å²) in [6.45, 7) is 3.97. The van der Waals surface area contributed by atoms with Crippen molar-refractivity contribution in [2.24, 2.45) is 0 Å².